The number of rotatable bonds is 6. The lowest BCUT2D eigenvalue weighted by Crippen LogP contribution is -2.16. The van der Waals surface area contributed by atoms with Gasteiger partial charge in [0.15, 0.2) is 0 Å². The zero-order valence-corrected chi connectivity index (χ0v) is 11.7. The van der Waals surface area contributed by atoms with Crippen molar-refractivity contribution in [2.45, 2.75) is 60.4 Å². The lowest BCUT2D eigenvalue weighted by atomic mass is 9.95. The second-order valence-electron chi connectivity index (χ2n) is 4.55. The summed E-state index contributed by atoms with van der Waals surface area (Å²) in [5.41, 5.74) is 2.59. The number of hydrogen-bond acceptors (Lipinski definition) is 1. The molecule has 0 radical (unpaired) electrons. The summed E-state index contributed by atoms with van der Waals surface area (Å²) in [7, 11) is 0. The van der Waals surface area contributed by atoms with Crippen LogP contribution in [0.3, 0.4) is 0 Å². The molecule has 0 saturated carbocycles. The van der Waals surface area contributed by atoms with Crippen LogP contribution in [-0.4, -0.2) is 11.8 Å². The molecule has 1 nitrogen and oxygen atoms in total. The van der Waals surface area contributed by atoms with Crippen LogP contribution in [-0.2, 0) is 0 Å². The highest BCUT2D eigenvalue weighted by Crippen LogP contribution is 2.17. The Balaban J connectivity index is 4.98. The van der Waals surface area contributed by atoms with E-state index in [1.165, 1.54) is 11.3 Å². The van der Waals surface area contributed by atoms with Crippen LogP contribution in [0.25, 0.3) is 0 Å². The van der Waals surface area contributed by atoms with Gasteiger partial charge in [-0.25, -0.2) is 0 Å². The highest BCUT2D eigenvalue weighted by molar-refractivity contribution is 5.81. The van der Waals surface area contributed by atoms with Crippen LogP contribution in [0.1, 0.15) is 54.4 Å². The molecule has 0 aromatic heterocycles. The first kappa shape index (κ1) is 15.2. The van der Waals surface area contributed by atoms with Crippen LogP contribution in [0.15, 0.2) is 28.8 Å². The third-order valence-electron chi connectivity index (χ3n) is 2.73. The van der Waals surface area contributed by atoms with Crippen LogP contribution in [0.2, 0.25) is 0 Å². The molecule has 2 atom stereocenters. The third kappa shape index (κ3) is 5.89. The van der Waals surface area contributed by atoms with Gasteiger partial charge in [0.05, 0.1) is 6.04 Å². The fourth-order valence-corrected chi connectivity index (χ4v) is 1.68. The minimum absolute atomic E-state index is 0.311. The van der Waals surface area contributed by atoms with E-state index < -0.39 is 0 Å². The molecule has 0 bridgehead atoms. The molecule has 0 aliphatic carbocycles. The Morgan fingerprint density at radius 2 is 1.81 bits per heavy atom. The Bertz CT molecular complexity index is 267. The lowest BCUT2D eigenvalue weighted by molar-refractivity contribution is 0.556. The Morgan fingerprint density at radius 3 is 2.19 bits per heavy atom. The summed E-state index contributed by atoms with van der Waals surface area (Å²) in [6.07, 6.45) is 8.87. The van der Waals surface area contributed by atoms with Crippen LogP contribution >= 0.6 is 0 Å². The summed E-state index contributed by atoms with van der Waals surface area (Å²) in [5.74, 6) is 0.529. The second-order valence-corrected chi connectivity index (χ2v) is 4.55. The summed E-state index contributed by atoms with van der Waals surface area (Å²) in [4.78, 5) is 4.81. The average Bonchev–Trinajstić information content (AvgIpc) is 2.24. The molecule has 0 amide bonds. The van der Waals surface area contributed by atoms with Gasteiger partial charge >= 0.3 is 0 Å². The van der Waals surface area contributed by atoms with E-state index in [0.717, 1.165) is 12.8 Å². The topological polar surface area (TPSA) is 12.4 Å². The minimum atomic E-state index is 0.311. The summed E-state index contributed by atoms with van der Waals surface area (Å²) < 4.78 is 0. The molecule has 0 aliphatic rings. The number of allylic oxidation sites excluding steroid dienone is 2. The zero-order chi connectivity index (χ0) is 12.6. The van der Waals surface area contributed by atoms with E-state index in [9.17, 15) is 0 Å². The fourth-order valence-electron chi connectivity index (χ4n) is 1.68. The van der Waals surface area contributed by atoms with E-state index in [4.69, 9.17) is 4.99 Å². The SMILES string of the molecule is C/C=C\C(CC)C(C=C(C)C)/N=C(\C)CC. The lowest BCUT2D eigenvalue weighted by Gasteiger charge is -2.18. The van der Waals surface area contributed by atoms with Gasteiger partial charge in [-0.15, -0.1) is 0 Å². The smallest absolute Gasteiger partial charge is 0.0743 e. The molecule has 1 heteroatoms. The maximum Gasteiger partial charge on any atom is 0.0743 e. The standard InChI is InChI=1S/C15H27N/c1-7-10-14(9-3)15(11-12(4)5)16-13(6)8-2/h7,10-11,14-15H,8-9H2,1-6H3/b10-7-,16-13+. The van der Waals surface area contributed by atoms with E-state index in [1.54, 1.807) is 0 Å². The first-order valence-electron chi connectivity index (χ1n) is 6.36. The van der Waals surface area contributed by atoms with Crippen LogP contribution in [0.4, 0.5) is 0 Å². The van der Waals surface area contributed by atoms with E-state index in [2.05, 4.69) is 59.8 Å². The maximum atomic E-state index is 4.81. The molecular weight excluding hydrogens is 194 g/mol. The Kier molecular flexibility index (Phi) is 7.88. The van der Waals surface area contributed by atoms with Gasteiger partial charge in [0.1, 0.15) is 0 Å². The molecule has 0 N–H and O–H groups in total. The van der Waals surface area contributed by atoms with Crippen molar-refractivity contribution in [1.82, 2.24) is 0 Å². The van der Waals surface area contributed by atoms with Gasteiger partial charge in [0.25, 0.3) is 0 Å². The highest BCUT2D eigenvalue weighted by Gasteiger charge is 2.13. The molecule has 0 aromatic rings. The molecule has 0 spiro atoms. The van der Waals surface area contributed by atoms with Gasteiger partial charge in [-0.3, -0.25) is 4.99 Å². The first-order valence-corrected chi connectivity index (χ1v) is 6.36. The zero-order valence-electron chi connectivity index (χ0n) is 11.7. The largest absolute Gasteiger partial charge is 0.286 e. The summed E-state index contributed by atoms with van der Waals surface area (Å²) in [6, 6.07) is 0.311. The monoisotopic (exact) mass is 221 g/mol. The van der Waals surface area contributed by atoms with Crippen molar-refractivity contribution in [3.8, 4) is 0 Å². The molecule has 16 heavy (non-hydrogen) atoms. The van der Waals surface area contributed by atoms with E-state index in [1.807, 2.05) is 0 Å². The van der Waals surface area contributed by atoms with Gasteiger partial charge in [-0.2, -0.15) is 0 Å². The number of nitrogens with zero attached hydrogens (tertiary/aromatic N) is 1. The van der Waals surface area contributed by atoms with Crippen molar-refractivity contribution in [2.24, 2.45) is 10.9 Å². The van der Waals surface area contributed by atoms with Crippen LogP contribution < -0.4 is 0 Å². The van der Waals surface area contributed by atoms with Gasteiger partial charge in [0.2, 0.25) is 0 Å². The number of hydrogen-bond donors (Lipinski definition) is 0. The Labute approximate surface area is 101 Å². The van der Waals surface area contributed by atoms with Crippen molar-refractivity contribution in [3.05, 3.63) is 23.8 Å². The molecule has 92 valence electrons. The van der Waals surface area contributed by atoms with Crippen molar-refractivity contribution in [2.75, 3.05) is 0 Å². The van der Waals surface area contributed by atoms with Gasteiger partial charge in [0, 0.05) is 11.6 Å². The molecule has 0 fully saturated rings. The van der Waals surface area contributed by atoms with Crippen LogP contribution in [0, 0.1) is 5.92 Å². The predicted octanol–water partition coefficient (Wildman–Crippen LogP) is 4.79. The quantitative estimate of drug-likeness (QED) is 0.451. The summed E-state index contributed by atoms with van der Waals surface area (Å²) in [5, 5.41) is 0. The highest BCUT2D eigenvalue weighted by atomic mass is 14.8. The average molecular weight is 221 g/mol. The first-order chi connectivity index (χ1) is 7.54. The molecule has 0 saturated heterocycles. The molecular formula is C15H27N. The summed E-state index contributed by atoms with van der Waals surface area (Å²) in [6.45, 7) is 12.9. The minimum Gasteiger partial charge on any atom is -0.286 e. The Hall–Kier alpha value is -0.850. The molecule has 0 rings (SSSR count). The maximum absolute atomic E-state index is 4.81. The predicted molar refractivity (Wildman–Crippen MR) is 75.2 cm³/mol. The van der Waals surface area contributed by atoms with Crippen molar-refractivity contribution < 1.29 is 0 Å². The van der Waals surface area contributed by atoms with Crippen molar-refractivity contribution in [3.63, 3.8) is 0 Å². The fraction of sp³-hybridized carbons (Fsp3) is 0.667. The molecule has 0 aromatic carbocycles. The second kappa shape index (κ2) is 8.32. The van der Waals surface area contributed by atoms with Crippen molar-refractivity contribution in [1.29, 1.82) is 0 Å². The molecule has 0 aliphatic heterocycles. The third-order valence-corrected chi connectivity index (χ3v) is 2.73. The van der Waals surface area contributed by atoms with E-state index in [0.29, 0.717) is 12.0 Å². The van der Waals surface area contributed by atoms with Gasteiger partial charge in [-0.05, 0) is 40.5 Å². The van der Waals surface area contributed by atoms with E-state index in [-0.39, 0.29) is 0 Å². The normalized spacial score (nSPS) is 16.2. The van der Waals surface area contributed by atoms with Crippen LogP contribution in [0.5, 0.6) is 0 Å². The van der Waals surface area contributed by atoms with Gasteiger partial charge in [-0.1, -0.05) is 37.6 Å². The number of aliphatic imine (C=N–C) groups is 1. The Morgan fingerprint density at radius 1 is 1.19 bits per heavy atom. The van der Waals surface area contributed by atoms with Crippen molar-refractivity contribution >= 4 is 5.71 Å². The molecule has 0 heterocycles. The molecule has 2 unspecified atom stereocenters. The van der Waals surface area contributed by atoms with E-state index >= 15 is 0 Å². The summed E-state index contributed by atoms with van der Waals surface area (Å²) >= 11 is 0. The van der Waals surface area contributed by atoms with Gasteiger partial charge < -0.3 is 0 Å².